The van der Waals surface area contributed by atoms with Crippen LogP contribution in [0.15, 0.2) is 42.5 Å². The average Bonchev–Trinajstić information content (AvgIpc) is 2.72. The van der Waals surface area contributed by atoms with Crippen molar-refractivity contribution in [3.05, 3.63) is 65.2 Å². The molecule has 6 nitrogen and oxygen atoms in total. The second-order valence-corrected chi connectivity index (χ2v) is 7.87. The summed E-state index contributed by atoms with van der Waals surface area (Å²) in [5, 5.41) is 4.87. The number of benzene rings is 2. The number of carbonyl (C=O) groups is 2. The molecule has 1 saturated heterocycles. The Morgan fingerprint density at radius 3 is 2.30 bits per heavy atom. The van der Waals surface area contributed by atoms with Gasteiger partial charge in [-0.1, -0.05) is 29.8 Å². The molecular weight excluding hydrogens is 390 g/mol. The fraction of sp³-hybridized carbons (Fsp3) is 0.364. The number of rotatable bonds is 5. The van der Waals surface area contributed by atoms with Gasteiger partial charge in [0.25, 0.3) is 0 Å². The molecule has 2 aromatic carbocycles. The van der Waals surface area contributed by atoms with Crippen molar-refractivity contribution in [3.63, 3.8) is 0 Å². The van der Waals surface area contributed by atoms with Crippen molar-refractivity contribution in [2.45, 2.75) is 13.0 Å². The van der Waals surface area contributed by atoms with Crippen LogP contribution in [0.2, 0.25) is 0 Å². The van der Waals surface area contributed by atoms with Crippen LogP contribution in [0.1, 0.15) is 17.2 Å². The maximum Gasteiger partial charge on any atom is 0.313 e. The highest BCUT2D eigenvalue weighted by Crippen LogP contribution is 2.15. The Balaban J connectivity index is 1.65. The molecule has 1 fully saturated rings. The van der Waals surface area contributed by atoms with Crippen molar-refractivity contribution in [2.24, 2.45) is 0 Å². The van der Waals surface area contributed by atoms with Gasteiger partial charge in [0, 0.05) is 11.6 Å². The summed E-state index contributed by atoms with van der Waals surface area (Å²) in [4.78, 5) is 27.3. The zero-order chi connectivity index (χ0) is 21.7. The summed E-state index contributed by atoms with van der Waals surface area (Å²) < 4.78 is 26.7. The number of likely N-dealkylation sites (N-methyl/N-ethyl adjacent to an activating group) is 1. The van der Waals surface area contributed by atoms with Crippen molar-refractivity contribution < 1.29 is 28.2 Å². The first-order valence-electron chi connectivity index (χ1n) is 10.1. The maximum atomic E-state index is 13.7. The van der Waals surface area contributed by atoms with Crippen LogP contribution in [0.4, 0.5) is 14.5 Å². The third kappa shape index (κ3) is 5.61. The molecule has 1 atom stereocenters. The molecule has 2 amide bonds. The minimum absolute atomic E-state index is 0.0120. The van der Waals surface area contributed by atoms with Crippen LogP contribution in [0.25, 0.3) is 0 Å². The van der Waals surface area contributed by atoms with Crippen LogP contribution >= 0.6 is 0 Å². The molecule has 0 aliphatic carbocycles. The van der Waals surface area contributed by atoms with Gasteiger partial charge in [-0.15, -0.1) is 0 Å². The van der Waals surface area contributed by atoms with Crippen LogP contribution in [0, 0.1) is 18.6 Å². The smallest absolute Gasteiger partial charge is 0.313 e. The minimum Gasteiger partial charge on any atom is -0.341 e. The van der Waals surface area contributed by atoms with E-state index in [1.807, 2.05) is 19.1 Å². The molecule has 160 valence electrons. The topological polar surface area (TPSA) is 67.1 Å². The predicted octanol–water partition coefficient (Wildman–Crippen LogP) is -0.518. The Bertz CT molecular complexity index is 897. The first-order valence-corrected chi connectivity index (χ1v) is 10.1. The highest BCUT2D eigenvalue weighted by molar-refractivity contribution is 6.39. The van der Waals surface area contributed by atoms with Crippen molar-refractivity contribution in [1.82, 2.24) is 5.32 Å². The van der Waals surface area contributed by atoms with Gasteiger partial charge < -0.3 is 20.4 Å². The number of carbonyl (C=O) groups excluding carboxylic acids is 2. The number of halogens is 2. The Hall–Kier alpha value is -2.84. The van der Waals surface area contributed by atoms with Crippen molar-refractivity contribution in [2.75, 3.05) is 45.1 Å². The third-order valence-electron chi connectivity index (χ3n) is 5.57. The fourth-order valence-corrected chi connectivity index (χ4v) is 3.69. The van der Waals surface area contributed by atoms with E-state index < -0.39 is 23.4 Å². The number of nitrogens with one attached hydrogen (secondary N) is 4. The van der Waals surface area contributed by atoms with Crippen molar-refractivity contribution >= 4 is 17.5 Å². The molecule has 1 aliphatic rings. The van der Waals surface area contributed by atoms with Crippen molar-refractivity contribution in [1.29, 1.82) is 0 Å². The first kappa shape index (κ1) is 21.9. The molecular formula is C22H28F2N4O2+2. The Morgan fingerprint density at radius 2 is 1.67 bits per heavy atom. The Labute approximate surface area is 174 Å². The number of piperazine rings is 1. The summed E-state index contributed by atoms with van der Waals surface area (Å²) in [7, 11) is 2.17. The second kappa shape index (κ2) is 9.77. The number of amides is 2. The lowest BCUT2D eigenvalue weighted by molar-refractivity contribution is -1.02. The van der Waals surface area contributed by atoms with Gasteiger partial charge in [-0.25, -0.2) is 8.78 Å². The lowest BCUT2D eigenvalue weighted by Crippen LogP contribution is -3.27. The van der Waals surface area contributed by atoms with Crippen LogP contribution in [-0.2, 0) is 9.59 Å². The van der Waals surface area contributed by atoms with E-state index in [0.717, 1.165) is 49.4 Å². The van der Waals surface area contributed by atoms with Gasteiger partial charge >= 0.3 is 11.8 Å². The second-order valence-electron chi connectivity index (χ2n) is 7.87. The van der Waals surface area contributed by atoms with Gasteiger partial charge in [0.05, 0.1) is 19.3 Å². The first-order chi connectivity index (χ1) is 14.3. The summed E-state index contributed by atoms with van der Waals surface area (Å²) in [5.41, 5.74) is 2.01. The highest BCUT2D eigenvalue weighted by Gasteiger charge is 2.30. The summed E-state index contributed by atoms with van der Waals surface area (Å²) in [6.45, 7) is 6.31. The third-order valence-corrected chi connectivity index (χ3v) is 5.57. The van der Waals surface area contributed by atoms with E-state index in [0.29, 0.717) is 6.07 Å². The quantitative estimate of drug-likeness (QED) is 0.494. The molecule has 0 bridgehead atoms. The molecule has 2 aromatic rings. The predicted molar refractivity (Wildman–Crippen MR) is 109 cm³/mol. The van der Waals surface area contributed by atoms with E-state index in [9.17, 15) is 18.4 Å². The molecule has 1 aliphatic heterocycles. The van der Waals surface area contributed by atoms with Gasteiger partial charge in [0.2, 0.25) is 0 Å². The normalized spacial score (nSPS) is 19.7. The van der Waals surface area contributed by atoms with Crippen LogP contribution < -0.4 is 20.4 Å². The molecule has 8 heteroatoms. The highest BCUT2D eigenvalue weighted by atomic mass is 19.1. The Morgan fingerprint density at radius 1 is 1.00 bits per heavy atom. The SMILES string of the molecule is Cc1ccc([C@@H](CNC(=O)C(=O)Nc2ccc(F)cc2F)[NH+]2CC[NH+](C)CC2)cc1. The lowest BCUT2D eigenvalue weighted by atomic mass is 10.0. The molecule has 0 spiro atoms. The van der Waals surface area contributed by atoms with E-state index in [1.165, 1.54) is 9.80 Å². The number of hydrogen-bond donors (Lipinski definition) is 4. The Kier molecular flexibility index (Phi) is 7.12. The van der Waals surface area contributed by atoms with Crippen LogP contribution in [0.3, 0.4) is 0 Å². The zero-order valence-electron chi connectivity index (χ0n) is 17.2. The van der Waals surface area contributed by atoms with Gasteiger partial charge in [-0.05, 0) is 19.1 Å². The van der Waals surface area contributed by atoms with E-state index >= 15 is 0 Å². The summed E-state index contributed by atoms with van der Waals surface area (Å²) >= 11 is 0. The number of hydrogen-bond acceptors (Lipinski definition) is 2. The van der Waals surface area contributed by atoms with Crippen LogP contribution in [-0.4, -0.2) is 51.6 Å². The molecule has 3 rings (SSSR count). The number of quaternary nitrogens is 2. The van der Waals surface area contributed by atoms with E-state index in [1.54, 1.807) is 0 Å². The molecule has 0 aromatic heterocycles. The lowest BCUT2D eigenvalue weighted by Gasteiger charge is -2.33. The van der Waals surface area contributed by atoms with Gasteiger partial charge in [-0.2, -0.15) is 0 Å². The largest absolute Gasteiger partial charge is 0.341 e. The monoisotopic (exact) mass is 418 g/mol. The summed E-state index contributed by atoms with van der Waals surface area (Å²) in [6.07, 6.45) is 0. The van der Waals surface area contributed by atoms with E-state index in [-0.39, 0.29) is 18.3 Å². The summed E-state index contributed by atoms with van der Waals surface area (Å²) in [5.74, 6) is -3.53. The fourth-order valence-electron chi connectivity index (χ4n) is 3.69. The maximum absolute atomic E-state index is 13.7. The molecule has 1 heterocycles. The number of anilines is 1. The van der Waals surface area contributed by atoms with E-state index in [4.69, 9.17) is 0 Å². The van der Waals surface area contributed by atoms with Gasteiger partial charge in [0.15, 0.2) is 0 Å². The van der Waals surface area contributed by atoms with Gasteiger partial charge in [0.1, 0.15) is 43.9 Å². The average molecular weight is 418 g/mol. The molecule has 30 heavy (non-hydrogen) atoms. The molecule has 0 saturated carbocycles. The molecule has 0 unspecified atom stereocenters. The summed E-state index contributed by atoms with van der Waals surface area (Å²) in [6, 6.07) is 10.9. The number of aryl methyl sites for hydroxylation is 1. The zero-order valence-corrected chi connectivity index (χ0v) is 17.2. The van der Waals surface area contributed by atoms with Crippen molar-refractivity contribution in [3.8, 4) is 0 Å². The molecule has 4 N–H and O–H groups in total. The van der Waals surface area contributed by atoms with Gasteiger partial charge in [-0.3, -0.25) is 9.59 Å². The van der Waals surface area contributed by atoms with E-state index in [2.05, 4.69) is 29.8 Å². The minimum atomic E-state index is -0.985. The van der Waals surface area contributed by atoms with Crippen LogP contribution in [0.5, 0.6) is 0 Å². The molecule has 0 radical (unpaired) electrons. The standard InChI is InChI=1S/C22H26F2N4O2/c1-15-3-5-16(6-4-15)20(28-11-9-27(2)10-12-28)14-25-21(29)22(30)26-19-8-7-17(23)13-18(19)24/h3-8,13,20H,9-12,14H2,1-2H3,(H,25,29)(H,26,30)/p+2/t20-/m1/s1.